The Morgan fingerprint density at radius 2 is 1.90 bits per heavy atom. The summed E-state index contributed by atoms with van der Waals surface area (Å²) in [5.41, 5.74) is 0.691. The summed E-state index contributed by atoms with van der Waals surface area (Å²) in [5, 5.41) is 9.36. The normalized spacial score (nSPS) is 21.2. The summed E-state index contributed by atoms with van der Waals surface area (Å²) in [7, 11) is -3.46. The van der Waals surface area contributed by atoms with Gasteiger partial charge >= 0.3 is 0 Å². The van der Waals surface area contributed by atoms with Crippen molar-refractivity contribution in [3.05, 3.63) is 18.0 Å². The fraction of sp³-hybridized carbons (Fsp3) is 0.714. The lowest BCUT2D eigenvalue weighted by Gasteiger charge is -2.22. The molecule has 1 aromatic heterocycles. The molecule has 6 heteroatoms. The van der Waals surface area contributed by atoms with Crippen LogP contribution in [0.4, 0.5) is 0 Å². The zero-order chi connectivity index (χ0) is 14.2. The van der Waals surface area contributed by atoms with Crippen LogP contribution in [0.25, 0.3) is 0 Å². The van der Waals surface area contributed by atoms with Crippen LogP contribution in [-0.2, 0) is 16.6 Å². The van der Waals surface area contributed by atoms with Gasteiger partial charge in [-0.2, -0.15) is 0 Å². The molecular formula is C14H22N2O3S. The summed E-state index contributed by atoms with van der Waals surface area (Å²) < 4.78 is 29.6. The molecule has 5 nitrogen and oxygen atoms in total. The van der Waals surface area contributed by atoms with Gasteiger partial charge in [-0.15, -0.1) is 0 Å². The highest BCUT2D eigenvalue weighted by Gasteiger charge is 2.29. The van der Waals surface area contributed by atoms with Crippen molar-refractivity contribution in [2.24, 2.45) is 0 Å². The second kappa shape index (κ2) is 5.50. The number of nitrogens with one attached hydrogen (secondary N) is 1. The Morgan fingerprint density at radius 1 is 1.20 bits per heavy atom. The number of sulfonamides is 1. The van der Waals surface area contributed by atoms with Gasteiger partial charge in [0.05, 0.1) is 11.5 Å². The maximum Gasteiger partial charge on any atom is 0.242 e. The minimum absolute atomic E-state index is 0.0654. The van der Waals surface area contributed by atoms with E-state index in [1.807, 2.05) is 4.57 Å². The summed E-state index contributed by atoms with van der Waals surface area (Å²) in [6.07, 6.45) is 9.05. The van der Waals surface area contributed by atoms with Crippen LogP contribution in [0.3, 0.4) is 0 Å². The molecule has 0 unspecified atom stereocenters. The molecule has 2 aliphatic carbocycles. The van der Waals surface area contributed by atoms with E-state index in [1.54, 1.807) is 12.3 Å². The van der Waals surface area contributed by atoms with Gasteiger partial charge in [-0.25, -0.2) is 13.1 Å². The van der Waals surface area contributed by atoms with E-state index in [4.69, 9.17) is 0 Å². The third kappa shape index (κ3) is 2.92. The summed E-state index contributed by atoms with van der Waals surface area (Å²) in [6.45, 7) is -0.116. The van der Waals surface area contributed by atoms with Crippen LogP contribution in [0.5, 0.6) is 0 Å². The quantitative estimate of drug-likeness (QED) is 0.872. The first-order chi connectivity index (χ1) is 9.60. The van der Waals surface area contributed by atoms with E-state index in [2.05, 4.69) is 4.72 Å². The predicted octanol–water partition coefficient (Wildman–Crippen LogP) is 1.93. The second-order valence-corrected chi connectivity index (χ2v) is 7.63. The molecule has 2 aliphatic rings. The largest absolute Gasteiger partial charge is 0.390 e. The van der Waals surface area contributed by atoms with Crippen molar-refractivity contribution in [1.82, 2.24) is 9.29 Å². The van der Waals surface area contributed by atoms with Crippen molar-refractivity contribution in [2.45, 2.75) is 68.5 Å². The highest BCUT2D eigenvalue weighted by molar-refractivity contribution is 7.89. The molecule has 1 aromatic rings. The molecule has 2 saturated carbocycles. The van der Waals surface area contributed by atoms with E-state index >= 15 is 0 Å². The van der Waals surface area contributed by atoms with E-state index in [1.165, 1.54) is 6.42 Å². The van der Waals surface area contributed by atoms with Crippen LogP contribution in [0.15, 0.2) is 17.2 Å². The third-order valence-electron chi connectivity index (χ3n) is 4.25. The number of hydrogen-bond acceptors (Lipinski definition) is 3. The average molecular weight is 298 g/mol. The van der Waals surface area contributed by atoms with Crippen LogP contribution in [0.1, 0.15) is 56.7 Å². The van der Waals surface area contributed by atoms with Crippen molar-refractivity contribution in [1.29, 1.82) is 0 Å². The van der Waals surface area contributed by atoms with Gasteiger partial charge in [0.2, 0.25) is 10.0 Å². The van der Waals surface area contributed by atoms with E-state index in [0.717, 1.165) is 38.5 Å². The van der Waals surface area contributed by atoms with Gasteiger partial charge in [0.25, 0.3) is 0 Å². The number of aliphatic hydroxyl groups is 1. The number of aromatic nitrogens is 1. The Kier molecular flexibility index (Phi) is 3.88. The van der Waals surface area contributed by atoms with Crippen LogP contribution in [0.2, 0.25) is 0 Å². The number of nitrogens with zero attached hydrogens (tertiary/aromatic N) is 1. The minimum Gasteiger partial charge on any atom is -0.390 e. The molecule has 0 radical (unpaired) electrons. The van der Waals surface area contributed by atoms with Crippen LogP contribution >= 0.6 is 0 Å². The van der Waals surface area contributed by atoms with E-state index in [9.17, 15) is 13.5 Å². The lowest BCUT2D eigenvalue weighted by molar-refractivity contribution is 0.270. The lowest BCUT2D eigenvalue weighted by Crippen LogP contribution is -2.36. The highest BCUT2D eigenvalue weighted by atomic mass is 32.2. The van der Waals surface area contributed by atoms with Gasteiger partial charge in [0, 0.05) is 24.0 Å². The Labute approximate surface area is 120 Å². The van der Waals surface area contributed by atoms with Crippen molar-refractivity contribution in [3.63, 3.8) is 0 Å². The van der Waals surface area contributed by atoms with Crippen molar-refractivity contribution < 1.29 is 13.5 Å². The first-order valence-corrected chi connectivity index (χ1v) is 8.92. The average Bonchev–Trinajstić information content (AvgIpc) is 3.18. The van der Waals surface area contributed by atoms with E-state index < -0.39 is 10.0 Å². The van der Waals surface area contributed by atoms with Gasteiger partial charge < -0.3 is 9.67 Å². The van der Waals surface area contributed by atoms with Gasteiger partial charge in [-0.1, -0.05) is 19.3 Å². The van der Waals surface area contributed by atoms with Crippen molar-refractivity contribution >= 4 is 10.0 Å². The number of aliphatic hydroxyl groups excluding tert-OH is 1. The zero-order valence-corrected chi connectivity index (χ0v) is 12.4. The third-order valence-corrected chi connectivity index (χ3v) is 5.73. The smallest absolute Gasteiger partial charge is 0.242 e. The summed E-state index contributed by atoms with van der Waals surface area (Å²) in [6, 6.07) is 2.04. The molecule has 20 heavy (non-hydrogen) atoms. The minimum atomic E-state index is -3.46. The van der Waals surface area contributed by atoms with Crippen LogP contribution < -0.4 is 4.72 Å². The van der Waals surface area contributed by atoms with Crippen molar-refractivity contribution in [2.75, 3.05) is 0 Å². The highest BCUT2D eigenvalue weighted by Crippen LogP contribution is 2.37. The van der Waals surface area contributed by atoms with Gasteiger partial charge in [-0.05, 0) is 31.7 Å². The molecule has 2 N–H and O–H groups in total. The first kappa shape index (κ1) is 14.1. The second-order valence-electron chi connectivity index (χ2n) is 5.92. The fourth-order valence-corrected chi connectivity index (χ4v) is 4.32. The standard InChI is InChI=1S/C14H22N2O3S/c17-10-13-8-14(9-16(13)12-6-7-12)20(18,19)15-11-4-2-1-3-5-11/h8-9,11-12,15,17H,1-7,10H2. The van der Waals surface area contributed by atoms with E-state index in [-0.39, 0.29) is 12.6 Å². The summed E-state index contributed by atoms with van der Waals surface area (Å²) in [4.78, 5) is 0.291. The first-order valence-electron chi connectivity index (χ1n) is 7.44. The molecule has 0 amide bonds. The fourth-order valence-electron chi connectivity index (χ4n) is 2.97. The maximum absolute atomic E-state index is 12.4. The summed E-state index contributed by atoms with van der Waals surface area (Å²) in [5.74, 6) is 0. The molecule has 0 spiro atoms. The monoisotopic (exact) mass is 298 g/mol. The molecule has 0 atom stereocenters. The molecule has 112 valence electrons. The number of hydrogen-bond donors (Lipinski definition) is 2. The number of rotatable bonds is 5. The maximum atomic E-state index is 12.4. The summed E-state index contributed by atoms with van der Waals surface area (Å²) >= 11 is 0. The van der Waals surface area contributed by atoms with Gasteiger partial charge in [-0.3, -0.25) is 0 Å². The lowest BCUT2D eigenvalue weighted by atomic mass is 9.96. The predicted molar refractivity (Wildman–Crippen MR) is 75.8 cm³/mol. The Hall–Kier alpha value is -0.850. The molecule has 1 heterocycles. The molecule has 2 fully saturated rings. The Bertz CT molecular complexity index is 569. The molecule has 3 rings (SSSR count). The molecule has 0 aliphatic heterocycles. The Balaban J connectivity index is 1.79. The Morgan fingerprint density at radius 3 is 2.50 bits per heavy atom. The van der Waals surface area contributed by atoms with Gasteiger partial charge in [0.15, 0.2) is 0 Å². The SMILES string of the molecule is O=S(=O)(NC1CCCCC1)c1cc(CO)n(C2CC2)c1. The van der Waals surface area contributed by atoms with Crippen LogP contribution in [0, 0.1) is 0 Å². The molecular weight excluding hydrogens is 276 g/mol. The zero-order valence-electron chi connectivity index (χ0n) is 11.6. The van der Waals surface area contributed by atoms with Crippen molar-refractivity contribution in [3.8, 4) is 0 Å². The molecule has 0 bridgehead atoms. The van der Waals surface area contributed by atoms with Gasteiger partial charge in [0.1, 0.15) is 0 Å². The topological polar surface area (TPSA) is 71.3 Å². The molecule has 0 saturated heterocycles. The van der Waals surface area contributed by atoms with E-state index in [0.29, 0.717) is 16.6 Å². The molecule has 0 aromatic carbocycles. The van der Waals surface area contributed by atoms with Crippen LogP contribution in [-0.4, -0.2) is 24.1 Å².